The Balaban J connectivity index is 1.82. The summed E-state index contributed by atoms with van der Waals surface area (Å²) in [5.41, 5.74) is 0. The van der Waals surface area contributed by atoms with E-state index in [1.807, 2.05) is 4.90 Å². The number of aromatic nitrogens is 2. The van der Waals surface area contributed by atoms with E-state index >= 15 is 0 Å². The molecule has 1 aliphatic heterocycles. The van der Waals surface area contributed by atoms with Crippen molar-refractivity contribution >= 4 is 16.7 Å². The van der Waals surface area contributed by atoms with Crippen LogP contribution in [0.5, 0.6) is 0 Å². The molecule has 0 saturated carbocycles. The summed E-state index contributed by atoms with van der Waals surface area (Å²) in [6, 6.07) is 0. The van der Waals surface area contributed by atoms with Crippen LogP contribution in [-0.4, -0.2) is 66.9 Å². The topological polar surface area (TPSA) is 41.5 Å². The van der Waals surface area contributed by atoms with E-state index in [1.165, 1.54) is 16.4 Å². The summed E-state index contributed by atoms with van der Waals surface area (Å²) in [6.07, 6.45) is -3.47. The van der Waals surface area contributed by atoms with Gasteiger partial charge in [0.25, 0.3) is 0 Å². The van der Waals surface area contributed by atoms with Crippen LogP contribution in [0.25, 0.3) is 0 Å². The molecule has 1 fully saturated rings. The quantitative estimate of drug-likeness (QED) is 0.822. The molecule has 1 saturated heterocycles. The molecule has 2 heterocycles. The number of hydrogen-bond acceptors (Lipinski definition) is 6. The Morgan fingerprint density at radius 3 is 2.55 bits per heavy atom. The predicted molar refractivity (Wildman–Crippen MR) is 70.2 cm³/mol. The molecule has 2 rings (SSSR count). The standard InChI is InChI=1S/C11H17F3N4OS/c1-19-7-2-9-15-10(20-16-9)18-5-3-17(4-6-18)8-11(12,13)14/h2-8H2,1H3. The van der Waals surface area contributed by atoms with Gasteiger partial charge in [0.05, 0.1) is 13.2 Å². The first-order valence-corrected chi connectivity index (χ1v) is 7.11. The van der Waals surface area contributed by atoms with E-state index in [9.17, 15) is 13.2 Å². The van der Waals surface area contributed by atoms with Crippen molar-refractivity contribution in [3.8, 4) is 0 Å². The zero-order valence-electron chi connectivity index (χ0n) is 11.2. The third kappa shape index (κ3) is 4.57. The smallest absolute Gasteiger partial charge is 0.384 e. The van der Waals surface area contributed by atoms with Crippen molar-refractivity contribution in [3.05, 3.63) is 5.82 Å². The Labute approximate surface area is 119 Å². The van der Waals surface area contributed by atoms with Crippen LogP contribution >= 0.6 is 11.5 Å². The van der Waals surface area contributed by atoms with Crippen LogP contribution in [0.3, 0.4) is 0 Å². The molecule has 0 aliphatic carbocycles. The van der Waals surface area contributed by atoms with Gasteiger partial charge in [-0.05, 0) is 0 Å². The molecular formula is C11H17F3N4OS. The second-order valence-corrected chi connectivity index (χ2v) is 5.34. The fourth-order valence-corrected chi connectivity index (χ4v) is 2.78. The molecule has 0 radical (unpaired) electrons. The lowest BCUT2D eigenvalue weighted by Crippen LogP contribution is -2.49. The van der Waals surface area contributed by atoms with Gasteiger partial charge in [-0.3, -0.25) is 4.90 Å². The van der Waals surface area contributed by atoms with Gasteiger partial charge in [0.15, 0.2) is 0 Å². The van der Waals surface area contributed by atoms with Crippen LogP contribution in [0.15, 0.2) is 0 Å². The first kappa shape index (κ1) is 15.5. The minimum absolute atomic E-state index is 0.395. The maximum Gasteiger partial charge on any atom is 0.401 e. The highest BCUT2D eigenvalue weighted by Gasteiger charge is 2.32. The highest BCUT2D eigenvalue weighted by molar-refractivity contribution is 7.09. The SMILES string of the molecule is COCCc1nsc(N2CCN(CC(F)(F)F)CC2)n1. The van der Waals surface area contributed by atoms with Crippen molar-refractivity contribution in [1.29, 1.82) is 0 Å². The molecule has 0 aromatic carbocycles. The normalized spacial score (nSPS) is 17.7. The molecule has 9 heteroatoms. The van der Waals surface area contributed by atoms with Gasteiger partial charge >= 0.3 is 6.18 Å². The first-order valence-electron chi connectivity index (χ1n) is 6.33. The van der Waals surface area contributed by atoms with E-state index < -0.39 is 12.7 Å². The highest BCUT2D eigenvalue weighted by Crippen LogP contribution is 2.21. The maximum atomic E-state index is 12.3. The van der Waals surface area contributed by atoms with Crippen LogP contribution in [0.2, 0.25) is 0 Å². The summed E-state index contributed by atoms with van der Waals surface area (Å²) in [5, 5.41) is 0.780. The van der Waals surface area contributed by atoms with Gasteiger partial charge < -0.3 is 9.64 Å². The Kier molecular flexibility index (Phi) is 5.17. The summed E-state index contributed by atoms with van der Waals surface area (Å²) in [7, 11) is 1.62. The van der Waals surface area contributed by atoms with E-state index in [0.29, 0.717) is 39.2 Å². The highest BCUT2D eigenvalue weighted by atomic mass is 32.1. The molecule has 0 unspecified atom stereocenters. The number of hydrogen-bond donors (Lipinski definition) is 0. The summed E-state index contributed by atoms with van der Waals surface area (Å²) >= 11 is 1.29. The number of nitrogens with zero attached hydrogens (tertiary/aromatic N) is 4. The van der Waals surface area contributed by atoms with Gasteiger partial charge in [-0.2, -0.15) is 17.5 Å². The van der Waals surface area contributed by atoms with E-state index in [4.69, 9.17) is 4.74 Å². The monoisotopic (exact) mass is 310 g/mol. The largest absolute Gasteiger partial charge is 0.401 e. The van der Waals surface area contributed by atoms with E-state index in [-0.39, 0.29) is 0 Å². The molecule has 1 aliphatic rings. The van der Waals surface area contributed by atoms with Crippen LogP contribution in [0, 0.1) is 0 Å². The number of halogens is 3. The minimum atomic E-state index is -4.13. The van der Waals surface area contributed by atoms with Gasteiger partial charge in [0.2, 0.25) is 5.13 Å². The molecule has 0 bridgehead atoms. The lowest BCUT2D eigenvalue weighted by molar-refractivity contribution is -0.146. The van der Waals surface area contributed by atoms with Crippen molar-refractivity contribution in [2.24, 2.45) is 0 Å². The molecule has 0 N–H and O–H groups in total. The minimum Gasteiger partial charge on any atom is -0.384 e. The number of ether oxygens (including phenoxy) is 1. The fraction of sp³-hybridized carbons (Fsp3) is 0.818. The molecule has 5 nitrogen and oxygen atoms in total. The second-order valence-electron chi connectivity index (χ2n) is 4.61. The Bertz CT molecular complexity index is 418. The number of anilines is 1. The van der Waals surface area contributed by atoms with E-state index in [2.05, 4.69) is 9.36 Å². The molecular weight excluding hydrogens is 293 g/mol. The molecule has 0 spiro atoms. The third-order valence-corrected chi connectivity index (χ3v) is 3.85. The number of alkyl halides is 3. The molecule has 1 aromatic heterocycles. The van der Waals surface area contributed by atoms with Gasteiger partial charge in [-0.25, -0.2) is 4.98 Å². The van der Waals surface area contributed by atoms with E-state index in [1.54, 1.807) is 7.11 Å². The van der Waals surface area contributed by atoms with Crippen molar-refractivity contribution in [2.45, 2.75) is 12.6 Å². The summed E-state index contributed by atoms with van der Waals surface area (Å²) in [5.74, 6) is 0.726. The Morgan fingerprint density at radius 1 is 1.25 bits per heavy atom. The molecule has 1 aromatic rings. The van der Waals surface area contributed by atoms with Crippen molar-refractivity contribution < 1.29 is 17.9 Å². The summed E-state index contributed by atoms with van der Waals surface area (Å²) < 4.78 is 46.1. The lowest BCUT2D eigenvalue weighted by Gasteiger charge is -2.34. The van der Waals surface area contributed by atoms with Gasteiger partial charge in [-0.15, -0.1) is 0 Å². The molecule has 0 amide bonds. The van der Waals surface area contributed by atoms with Crippen LogP contribution < -0.4 is 4.90 Å². The van der Waals surface area contributed by atoms with Gasteiger partial charge in [-0.1, -0.05) is 0 Å². The first-order chi connectivity index (χ1) is 9.48. The average Bonchev–Trinajstić information content (AvgIpc) is 2.84. The predicted octanol–water partition coefficient (Wildman–Crippen LogP) is 1.41. The van der Waals surface area contributed by atoms with Crippen LogP contribution in [-0.2, 0) is 11.2 Å². The lowest BCUT2D eigenvalue weighted by atomic mass is 10.3. The third-order valence-electron chi connectivity index (χ3n) is 3.03. The van der Waals surface area contributed by atoms with Crippen molar-refractivity contribution in [2.75, 3.05) is 51.3 Å². The summed E-state index contributed by atoms with van der Waals surface area (Å²) in [6.45, 7) is 1.62. The summed E-state index contributed by atoms with van der Waals surface area (Å²) in [4.78, 5) is 7.79. The van der Waals surface area contributed by atoms with Gasteiger partial charge in [0, 0.05) is 51.2 Å². The zero-order chi connectivity index (χ0) is 14.6. The van der Waals surface area contributed by atoms with Gasteiger partial charge in [0.1, 0.15) is 5.82 Å². The molecule has 20 heavy (non-hydrogen) atoms. The average molecular weight is 310 g/mol. The molecule has 0 atom stereocenters. The van der Waals surface area contributed by atoms with Crippen molar-refractivity contribution in [1.82, 2.24) is 14.3 Å². The van der Waals surface area contributed by atoms with Crippen molar-refractivity contribution in [3.63, 3.8) is 0 Å². The van der Waals surface area contributed by atoms with Crippen LogP contribution in [0.1, 0.15) is 5.82 Å². The Morgan fingerprint density at radius 2 is 1.95 bits per heavy atom. The van der Waals surface area contributed by atoms with Crippen LogP contribution in [0.4, 0.5) is 18.3 Å². The van der Waals surface area contributed by atoms with E-state index in [0.717, 1.165) is 11.0 Å². The Hall–Kier alpha value is -0.930. The second kappa shape index (κ2) is 6.68. The number of methoxy groups -OCH3 is 1. The maximum absolute atomic E-state index is 12.3. The molecule has 114 valence electrons. The zero-order valence-corrected chi connectivity index (χ0v) is 12.0. The number of rotatable bonds is 5. The fourth-order valence-electron chi connectivity index (χ4n) is 2.02. The number of piperazine rings is 1.